The minimum Gasteiger partial charge on any atom is -0.497 e. The van der Waals surface area contributed by atoms with Crippen molar-refractivity contribution < 1.29 is 14.3 Å². The lowest BCUT2D eigenvalue weighted by atomic mass is 10.2. The smallest absolute Gasteiger partial charge is 0.265 e. The molecule has 0 aliphatic rings. The SMILES string of the molecule is CC[C@@H](Oc1cccc(OC)c1)C(=O)Nc1ccccc1C. The first-order valence-corrected chi connectivity index (χ1v) is 7.31. The van der Waals surface area contributed by atoms with Gasteiger partial charge in [0.25, 0.3) is 5.91 Å². The van der Waals surface area contributed by atoms with Gasteiger partial charge in [-0.3, -0.25) is 4.79 Å². The number of hydrogen-bond acceptors (Lipinski definition) is 3. The van der Waals surface area contributed by atoms with Crippen molar-refractivity contribution >= 4 is 11.6 Å². The second kappa shape index (κ2) is 7.50. The number of aryl methyl sites for hydroxylation is 1. The number of methoxy groups -OCH3 is 1. The van der Waals surface area contributed by atoms with Gasteiger partial charge in [-0.2, -0.15) is 0 Å². The molecule has 2 rings (SSSR count). The van der Waals surface area contributed by atoms with Crippen molar-refractivity contribution in [3.8, 4) is 11.5 Å². The van der Waals surface area contributed by atoms with Crippen LogP contribution in [0.2, 0.25) is 0 Å². The maximum atomic E-state index is 12.4. The predicted octanol–water partition coefficient (Wildman–Crippen LogP) is 3.80. The standard InChI is InChI=1S/C18H21NO3/c1-4-17(22-15-10-7-9-14(12-15)21-3)18(20)19-16-11-6-5-8-13(16)2/h5-12,17H,4H2,1-3H3,(H,19,20)/t17-/m1/s1. The lowest BCUT2D eigenvalue weighted by molar-refractivity contribution is -0.122. The van der Waals surface area contributed by atoms with Gasteiger partial charge >= 0.3 is 0 Å². The van der Waals surface area contributed by atoms with Crippen LogP contribution in [-0.4, -0.2) is 19.1 Å². The monoisotopic (exact) mass is 299 g/mol. The highest BCUT2D eigenvalue weighted by Gasteiger charge is 2.19. The third-order valence-electron chi connectivity index (χ3n) is 3.39. The molecule has 0 saturated carbocycles. The van der Waals surface area contributed by atoms with Crippen LogP contribution < -0.4 is 14.8 Å². The Morgan fingerprint density at radius 1 is 1.14 bits per heavy atom. The summed E-state index contributed by atoms with van der Waals surface area (Å²) in [7, 11) is 1.60. The Labute approximate surface area is 131 Å². The van der Waals surface area contributed by atoms with E-state index in [0.717, 1.165) is 11.3 Å². The number of nitrogens with one attached hydrogen (secondary N) is 1. The summed E-state index contributed by atoms with van der Waals surface area (Å²) in [6, 6.07) is 14.9. The number of ether oxygens (including phenoxy) is 2. The molecular weight excluding hydrogens is 278 g/mol. The fraction of sp³-hybridized carbons (Fsp3) is 0.278. The van der Waals surface area contributed by atoms with E-state index in [1.54, 1.807) is 13.2 Å². The van der Waals surface area contributed by atoms with Crippen LogP contribution in [0.3, 0.4) is 0 Å². The zero-order valence-electron chi connectivity index (χ0n) is 13.1. The molecule has 0 heterocycles. The molecule has 0 bridgehead atoms. The molecule has 0 spiro atoms. The zero-order chi connectivity index (χ0) is 15.9. The number of anilines is 1. The lowest BCUT2D eigenvalue weighted by Crippen LogP contribution is -2.32. The average Bonchev–Trinajstić information content (AvgIpc) is 2.54. The van der Waals surface area contributed by atoms with Crippen molar-refractivity contribution in [2.75, 3.05) is 12.4 Å². The maximum absolute atomic E-state index is 12.4. The fourth-order valence-electron chi connectivity index (χ4n) is 2.09. The van der Waals surface area contributed by atoms with Gasteiger partial charge in [0.1, 0.15) is 11.5 Å². The number of carbonyl (C=O) groups excluding carboxylic acids is 1. The highest BCUT2D eigenvalue weighted by molar-refractivity contribution is 5.95. The quantitative estimate of drug-likeness (QED) is 0.882. The maximum Gasteiger partial charge on any atom is 0.265 e. The van der Waals surface area contributed by atoms with Crippen LogP contribution >= 0.6 is 0 Å². The summed E-state index contributed by atoms with van der Waals surface area (Å²) in [6.45, 7) is 3.88. The van der Waals surface area contributed by atoms with Gasteiger partial charge < -0.3 is 14.8 Å². The Kier molecular flexibility index (Phi) is 5.42. The highest BCUT2D eigenvalue weighted by atomic mass is 16.5. The molecule has 1 N–H and O–H groups in total. The van der Waals surface area contributed by atoms with Crippen LogP contribution in [0.5, 0.6) is 11.5 Å². The van der Waals surface area contributed by atoms with Crippen molar-refractivity contribution in [3.63, 3.8) is 0 Å². The topological polar surface area (TPSA) is 47.6 Å². The molecule has 0 aliphatic heterocycles. The minimum atomic E-state index is -0.549. The van der Waals surface area contributed by atoms with E-state index in [-0.39, 0.29) is 5.91 Å². The molecule has 4 heteroatoms. The van der Waals surface area contributed by atoms with E-state index in [1.165, 1.54) is 0 Å². The number of rotatable bonds is 6. The third kappa shape index (κ3) is 4.01. The summed E-state index contributed by atoms with van der Waals surface area (Å²) < 4.78 is 10.9. The summed E-state index contributed by atoms with van der Waals surface area (Å²) in [5.41, 5.74) is 1.83. The van der Waals surface area contributed by atoms with Gasteiger partial charge in [0, 0.05) is 11.8 Å². The van der Waals surface area contributed by atoms with Crippen molar-refractivity contribution in [3.05, 3.63) is 54.1 Å². The molecule has 0 fully saturated rings. The second-order valence-electron chi connectivity index (χ2n) is 5.00. The van der Waals surface area contributed by atoms with Crippen LogP contribution in [0, 0.1) is 6.92 Å². The summed E-state index contributed by atoms with van der Waals surface area (Å²) >= 11 is 0. The third-order valence-corrected chi connectivity index (χ3v) is 3.39. The molecule has 1 atom stereocenters. The van der Waals surface area contributed by atoms with Gasteiger partial charge in [0.05, 0.1) is 7.11 Å². The Morgan fingerprint density at radius 3 is 2.55 bits per heavy atom. The van der Waals surface area contributed by atoms with E-state index >= 15 is 0 Å². The molecule has 0 saturated heterocycles. The van der Waals surface area contributed by atoms with Gasteiger partial charge in [0.15, 0.2) is 6.10 Å². The van der Waals surface area contributed by atoms with Gasteiger partial charge in [-0.25, -0.2) is 0 Å². The largest absolute Gasteiger partial charge is 0.497 e. The normalized spacial score (nSPS) is 11.6. The molecule has 0 aromatic heterocycles. The molecule has 0 radical (unpaired) electrons. The first-order valence-electron chi connectivity index (χ1n) is 7.31. The molecule has 2 aromatic rings. The predicted molar refractivity (Wildman–Crippen MR) is 87.5 cm³/mol. The van der Waals surface area contributed by atoms with Crippen LogP contribution in [-0.2, 0) is 4.79 Å². The molecule has 22 heavy (non-hydrogen) atoms. The van der Waals surface area contributed by atoms with E-state index < -0.39 is 6.10 Å². The van der Waals surface area contributed by atoms with E-state index in [1.807, 2.05) is 56.3 Å². The van der Waals surface area contributed by atoms with Gasteiger partial charge in [-0.1, -0.05) is 31.2 Å². The Bertz CT molecular complexity index is 640. The fourth-order valence-corrected chi connectivity index (χ4v) is 2.09. The van der Waals surface area contributed by atoms with E-state index in [4.69, 9.17) is 9.47 Å². The summed E-state index contributed by atoms with van der Waals surface area (Å²) in [5, 5.41) is 2.91. The minimum absolute atomic E-state index is 0.153. The molecule has 0 aliphatic carbocycles. The summed E-state index contributed by atoms with van der Waals surface area (Å²) in [6.07, 6.45) is 0.0290. The zero-order valence-corrected chi connectivity index (χ0v) is 13.1. The van der Waals surface area contributed by atoms with Crippen molar-refractivity contribution in [1.82, 2.24) is 0 Å². The molecule has 116 valence electrons. The van der Waals surface area contributed by atoms with Crippen molar-refractivity contribution in [1.29, 1.82) is 0 Å². The number of benzene rings is 2. The van der Waals surface area contributed by atoms with Crippen LogP contribution in [0.15, 0.2) is 48.5 Å². The van der Waals surface area contributed by atoms with Crippen LogP contribution in [0.25, 0.3) is 0 Å². The first-order chi connectivity index (χ1) is 10.6. The molecule has 1 amide bonds. The van der Waals surface area contributed by atoms with Gasteiger partial charge in [-0.05, 0) is 37.1 Å². The van der Waals surface area contributed by atoms with Gasteiger partial charge in [0.2, 0.25) is 0 Å². The number of para-hydroxylation sites is 1. The van der Waals surface area contributed by atoms with Crippen LogP contribution in [0.1, 0.15) is 18.9 Å². The Balaban J connectivity index is 2.07. The number of hydrogen-bond donors (Lipinski definition) is 1. The molecule has 2 aromatic carbocycles. The molecule has 4 nitrogen and oxygen atoms in total. The summed E-state index contributed by atoms with van der Waals surface area (Å²) in [5.74, 6) is 1.16. The van der Waals surface area contributed by atoms with Crippen LogP contribution in [0.4, 0.5) is 5.69 Å². The Morgan fingerprint density at radius 2 is 1.86 bits per heavy atom. The van der Waals surface area contributed by atoms with Crippen molar-refractivity contribution in [2.45, 2.75) is 26.4 Å². The van der Waals surface area contributed by atoms with E-state index in [0.29, 0.717) is 17.9 Å². The van der Waals surface area contributed by atoms with E-state index in [9.17, 15) is 4.79 Å². The first kappa shape index (κ1) is 15.9. The average molecular weight is 299 g/mol. The van der Waals surface area contributed by atoms with E-state index in [2.05, 4.69) is 5.32 Å². The molecular formula is C18H21NO3. The highest BCUT2D eigenvalue weighted by Crippen LogP contribution is 2.21. The number of carbonyl (C=O) groups is 1. The second-order valence-corrected chi connectivity index (χ2v) is 5.00. The van der Waals surface area contributed by atoms with Gasteiger partial charge in [-0.15, -0.1) is 0 Å². The summed E-state index contributed by atoms with van der Waals surface area (Å²) in [4.78, 5) is 12.4. The van der Waals surface area contributed by atoms with Crippen molar-refractivity contribution in [2.24, 2.45) is 0 Å². The number of amides is 1. The lowest BCUT2D eigenvalue weighted by Gasteiger charge is -2.18. The Hall–Kier alpha value is -2.49. The molecule has 0 unspecified atom stereocenters.